The van der Waals surface area contributed by atoms with Gasteiger partial charge in [-0.05, 0) is 43.3 Å². The summed E-state index contributed by atoms with van der Waals surface area (Å²) in [6.07, 6.45) is -5.31. The van der Waals surface area contributed by atoms with Crippen molar-refractivity contribution in [3.05, 3.63) is 71.4 Å². The van der Waals surface area contributed by atoms with Gasteiger partial charge in [0.15, 0.2) is 0 Å². The summed E-state index contributed by atoms with van der Waals surface area (Å²) in [6.45, 7) is 5.22. The highest BCUT2D eigenvalue weighted by Crippen LogP contribution is 2.23. The Morgan fingerprint density at radius 2 is 1.74 bits per heavy atom. The van der Waals surface area contributed by atoms with Gasteiger partial charge in [-0.15, -0.1) is 0 Å². The first-order valence-corrected chi connectivity index (χ1v) is 13.1. The van der Waals surface area contributed by atoms with Crippen LogP contribution >= 0.6 is 0 Å². The Balaban J connectivity index is 1.41. The molecular weight excluding hydrogens is 557 g/mol. The molecule has 2 atom stereocenters. The Kier molecular flexibility index (Phi) is 8.98. The van der Waals surface area contributed by atoms with Crippen molar-refractivity contribution in [3.8, 4) is 5.75 Å². The van der Waals surface area contributed by atoms with E-state index in [4.69, 9.17) is 4.74 Å². The maximum atomic E-state index is 13.0. The van der Waals surface area contributed by atoms with Gasteiger partial charge in [-0.25, -0.2) is 4.79 Å². The molecule has 0 unspecified atom stereocenters. The number of nitrogens with one attached hydrogen (secondary N) is 2. The van der Waals surface area contributed by atoms with Gasteiger partial charge in [0.1, 0.15) is 12.4 Å². The molecular formula is C29H29F3N4O6. The highest BCUT2D eigenvalue weighted by atomic mass is 19.4. The zero-order valence-corrected chi connectivity index (χ0v) is 23.0. The number of nitrogens with zero attached hydrogens (tertiary/aromatic N) is 2. The SMILES string of the molecule is Cc1cc(COc2ccc(C(=O)N[C@@H]3CN(C(=O)C(C)C)C[C@@H]3C(=O)NOC(=O)C(F)(F)F)cc2)c2ccccc2n1. The molecule has 1 aromatic heterocycles. The fourth-order valence-corrected chi connectivity index (χ4v) is 4.62. The highest BCUT2D eigenvalue weighted by molar-refractivity contribution is 5.95. The number of carbonyl (C=O) groups is 4. The number of hydrogen-bond donors (Lipinski definition) is 2. The summed E-state index contributed by atoms with van der Waals surface area (Å²) in [4.78, 5) is 58.9. The van der Waals surface area contributed by atoms with Crippen LogP contribution in [-0.4, -0.2) is 58.9 Å². The first-order valence-electron chi connectivity index (χ1n) is 13.1. The molecule has 222 valence electrons. The predicted molar refractivity (Wildman–Crippen MR) is 144 cm³/mol. The van der Waals surface area contributed by atoms with E-state index in [1.807, 2.05) is 37.3 Å². The fraction of sp³-hybridized carbons (Fsp3) is 0.345. The first kappa shape index (κ1) is 30.3. The summed E-state index contributed by atoms with van der Waals surface area (Å²) < 4.78 is 43.3. The molecule has 2 aromatic carbocycles. The van der Waals surface area contributed by atoms with Crippen LogP contribution in [0, 0.1) is 18.8 Å². The van der Waals surface area contributed by atoms with E-state index in [1.165, 1.54) is 22.5 Å². The number of ether oxygens (including phenoxy) is 1. The largest absolute Gasteiger partial charge is 0.493 e. The molecule has 2 N–H and O–H groups in total. The van der Waals surface area contributed by atoms with Crippen molar-refractivity contribution in [1.29, 1.82) is 0 Å². The standard InChI is InChI=1S/C29H29F3N4O6/c1-16(2)27(39)36-13-22(26(38)35-42-28(40)29(30,31)32)24(14-36)34-25(37)18-8-10-20(11-9-18)41-15-19-12-17(3)33-23-7-5-4-6-21(19)23/h4-12,16,22,24H,13-15H2,1-3H3,(H,34,37)(H,35,38)/t22-,24+/m0/s1. The van der Waals surface area contributed by atoms with Crippen molar-refractivity contribution in [2.45, 2.75) is 39.6 Å². The summed E-state index contributed by atoms with van der Waals surface area (Å²) >= 11 is 0. The molecule has 0 spiro atoms. The van der Waals surface area contributed by atoms with Crippen LogP contribution in [0.3, 0.4) is 0 Å². The molecule has 13 heteroatoms. The van der Waals surface area contributed by atoms with Gasteiger partial charge in [0.2, 0.25) is 5.91 Å². The molecule has 42 heavy (non-hydrogen) atoms. The second-order valence-corrected chi connectivity index (χ2v) is 10.2. The number of fused-ring (bicyclic) bond motifs is 1. The van der Waals surface area contributed by atoms with Gasteiger partial charge in [0.05, 0.1) is 17.5 Å². The number of aromatic nitrogens is 1. The number of alkyl halides is 3. The minimum Gasteiger partial charge on any atom is -0.489 e. The van der Waals surface area contributed by atoms with Crippen LogP contribution in [0.2, 0.25) is 0 Å². The summed E-state index contributed by atoms with van der Waals surface area (Å²) in [7, 11) is 0. The lowest BCUT2D eigenvalue weighted by Crippen LogP contribution is -2.47. The van der Waals surface area contributed by atoms with Gasteiger partial charge in [-0.2, -0.15) is 18.7 Å². The number of halogens is 3. The third-order valence-electron chi connectivity index (χ3n) is 6.70. The molecule has 0 radical (unpaired) electrons. The van der Waals surface area contributed by atoms with Crippen LogP contribution in [0.15, 0.2) is 54.6 Å². The van der Waals surface area contributed by atoms with Crippen LogP contribution in [0.5, 0.6) is 5.75 Å². The number of likely N-dealkylation sites (tertiary alicyclic amines) is 1. The Hall–Kier alpha value is -4.68. The van der Waals surface area contributed by atoms with E-state index >= 15 is 0 Å². The molecule has 1 aliphatic heterocycles. The van der Waals surface area contributed by atoms with E-state index < -0.39 is 41.8 Å². The van der Waals surface area contributed by atoms with Crippen molar-refractivity contribution in [2.75, 3.05) is 13.1 Å². The lowest BCUT2D eigenvalue weighted by Gasteiger charge is -2.19. The van der Waals surface area contributed by atoms with Gasteiger partial charge in [0, 0.05) is 41.2 Å². The number of benzene rings is 2. The Morgan fingerprint density at radius 1 is 1.05 bits per heavy atom. The lowest BCUT2D eigenvalue weighted by atomic mass is 10.0. The summed E-state index contributed by atoms with van der Waals surface area (Å²) in [6, 6.07) is 14.9. The molecule has 1 fully saturated rings. The van der Waals surface area contributed by atoms with Gasteiger partial charge < -0.3 is 19.8 Å². The third kappa shape index (κ3) is 7.14. The smallest absolute Gasteiger partial charge is 0.489 e. The average molecular weight is 587 g/mol. The summed E-state index contributed by atoms with van der Waals surface area (Å²) in [5.41, 5.74) is 4.38. The van der Waals surface area contributed by atoms with Gasteiger partial charge >= 0.3 is 12.1 Å². The molecule has 1 aliphatic rings. The average Bonchev–Trinajstić information content (AvgIpc) is 3.37. The maximum Gasteiger partial charge on any atom is 0.493 e. The zero-order chi connectivity index (χ0) is 30.6. The Labute approximate surface area is 239 Å². The molecule has 0 saturated carbocycles. The molecule has 1 saturated heterocycles. The highest BCUT2D eigenvalue weighted by Gasteiger charge is 2.44. The van der Waals surface area contributed by atoms with E-state index in [2.05, 4.69) is 15.1 Å². The zero-order valence-electron chi connectivity index (χ0n) is 23.0. The topological polar surface area (TPSA) is 127 Å². The fourth-order valence-electron chi connectivity index (χ4n) is 4.62. The number of rotatable bonds is 7. The second kappa shape index (κ2) is 12.5. The van der Waals surface area contributed by atoms with Crippen LogP contribution in [-0.2, 0) is 25.8 Å². The molecule has 3 aromatic rings. The number of hydroxylamine groups is 1. The third-order valence-corrected chi connectivity index (χ3v) is 6.70. The maximum absolute atomic E-state index is 13.0. The quantitative estimate of drug-likeness (QED) is 0.406. The van der Waals surface area contributed by atoms with Gasteiger partial charge in [-0.1, -0.05) is 32.0 Å². The number of para-hydroxylation sites is 1. The number of hydrogen-bond acceptors (Lipinski definition) is 7. The van der Waals surface area contributed by atoms with Gasteiger partial charge in [0.25, 0.3) is 11.8 Å². The Morgan fingerprint density at radius 3 is 2.40 bits per heavy atom. The van der Waals surface area contributed by atoms with Crippen molar-refractivity contribution in [2.24, 2.45) is 11.8 Å². The molecule has 3 amide bonds. The molecule has 4 rings (SSSR count). The number of aryl methyl sites for hydroxylation is 1. The minimum absolute atomic E-state index is 0.0610. The molecule has 0 bridgehead atoms. The van der Waals surface area contributed by atoms with Crippen molar-refractivity contribution in [3.63, 3.8) is 0 Å². The number of carbonyl (C=O) groups excluding carboxylic acids is 4. The number of amides is 3. The van der Waals surface area contributed by atoms with Crippen molar-refractivity contribution < 1.29 is 41.9 Å². The normalized spacial score (nSPS) is 16.8. The van der Waals surface area contributed by atoms with Crippen LogP contribution < -0.4 is 15.5 Å². The Bertz CT molecular complexity index is 1490. The van der Waals surface area contributed by atoms with Crippen LogP contribution in [0.1, 0.15) is 35.5 Å². The van der Waals surface area contributed by atoms with Crippen LogP contribution in [0.4, 0.5) is 13.2 Å². The predicted octanol–water partition coefficient (Wildman–Crippen LogP) is 3.47. The van der Waals surface area contributed by atoms with Crippen LogP contribution in [0.25, 0.3) is 10.9 Å². The minimum atomic E-state index is -5.31. The van der Waals surface area contributed by atoms with E-state index in [-0.39, 0.29) is 31.2 Å². The summed E-state index contributed by atoms with van der Waals surface area (Å²) in [5.74, 6) is -5.66. The lowest BCUT2D eigenvalue weighted by molar-refractivity contribution is -0.208. The molecule has 2 heterocycles. The van der Waals surface area contributed by atoms with Gasteiger partial charge in [-0.3, -0.25) is 19.4 Å². The van der Waals surface area contributed by atoms with E-state index in [0.717, 1.165) is 22.2 Å². The van der Waals surface area contributed by atoms with E-state index in [9.17, 15) is 32.3 Å². The monoisotopic (exact) mass is 586 g/mol. The number of pyridine rings is 1. The second-order valence-electron chi connectivity index (χ2n) is 10.2. The van der Waals surface area contributed by atoms with Crippen molar-refractivity contribution >= 4 is 34.6 Å². The van der Waals surface area contributed by atoms with E-state index in [0.29, 0.717) is 5.75 Å². The van der Waals surface area contributed by atoms with Crippen molar-refractivity contribution in [1.82, 2.24) is 20.7 Å². The molecule has 0 aliphatic carbocycles. The molecule has 10 nitrogen and oxygen atoms in total. The summed E-state index contributed by atoms with van der Waals surface area (Å²) in [5, 5.41) is 3.63. The first-order chi connectivity index (χ1) is 19.8. The van der Waals surface area contributed by atoms with E-state index in [1.54, 1.807) is 26.0 Å².